The zero-order chi connectivity index (χ0) is 13.1. The average Bonchev–Trinajstić information content (AvgIpc) is 2.54. The van der Waals surface area contributed by atoms with E-state index in [0.29, 0.717) is 10.9 Å². The van der Waals surface area contributed by atoms with Crippen molar-refractivity contribution in [3.05, 3.63) is 27.1 Å². The quantitative estimate of drug-likeness (QED) is 0.820. The van der Waals surface area contributed by atoms with Crippen LogP contribution in [0.15, 0.2) is 11.0 Å². The molecule has 0 bridgehead atoms. The van der Waals surface area contributed by atoms with Gasteiger partial charge in [-0.15, -0.1) is 0 Å². The van der Waals surface area contributed by atoms with Crippen molar-refractivity contribution in [1.82, 2.24) is 14.7 Å². The minimum atomic E-state index is -0.198. The van der Waals surface area contributed by atoms with Crippen LogP contribution in [0.2, 0.25) is 5.02 Å². The Bertz CT molecular complexity index is 472. The molecule has 2 heterocycles. The molecule has 1 atom stereocenters. The molecule has 1 aliphatic heterocycles. The molecule has 0 unspecified atom stereocenters. The summed E-state index contributed by atoms with van der Waals surface area (Å²) < 4.78 is 1.28. The maximum atomic E-state index is 11.7. The van der Waals surface area contributed by atoms with E-state index in [2.05, 4.69) is 17.0 Å². The van der Waals surface area contributed by atoms with Crippen LogP contribution in [0, 0.1) is 5.92 Å². The zero-order valence-corrected chi connectivity index (χ0v) is 11.8. The standard InChI is InChI=1S/C13H20ClN3O/c1-16-6-4-3-5-10(9-16)7-11-8-15-17(2)13(18)12(11)14/h8,10H,3-7,9H2,1-2H3/t10-/m0/s1. The topological polar surface area (TPSA) is 38.1 Å². The summed E-state index contributed by atoms with van der Waals surface area (Å²) in [5, 5.41) is 4.39. The third kappa shape index (κ3) is 3.12. The zero-order valence-electron chi connectivity index (χ0n) is 11.0. The van der Waals surface area contributed by atoms with Crippen LogP contribution in [-0.4, -0.2) is 34.8 Å². The van der Waals surface area contributed by atoms with E-state index in [9.17, 15) is 4.79 Å². The van der Waals surface area contributed by atoms with Gasteiger partial charge in [-0.1, -0.05) is 18.0 Å². The van der Waals surface area contributed by atoms with Gasteiger partial charge >= 0.3 is 0 Å². The summed E-state index contributed by atoms with van der Waals surface area (Å²) in [7, 11) is 3.78. The summed E-state index contributed by atoms with van der Waals surface area (Å²) in [6.45, 7) is 2.24. The molecule has 0 aliphatic carbocycles. The van der Waals surface area contributed by atoms with Crippen molar-refractivity contribution in [2.75, 3.05) is 20.1 Å². The van der Waals surface area contributed by atoms with Crippen molar-refractivity contribution in [3.8, 4) is 0 Å². The van der Waals surface area contributed by atoms with Crippen LogP contribution in [0.25, 0.3) is 0 Å². The molecule has 0 aromatic carbocycles. The third-order valence-corrected chi connectivity index (χ3v) is 4.04. The summed E-state index contributed by atoms with van der Waals surface area (Å²) in [5.74, 6) is 0.573. The number of aromatic nitrogens is 2. The Hall–Kier alpha value is -0.870. The minimum absolute atomic E-state index is 0.198. The molecule has 4 nitrogen and oxygen atoms in total. The lowest BCUT2D eigenvalue weighted by Gasteiger charge is -2.20. The minimum Gasteiger partial charge on any atom is -0.306 e. The number of hydrogen-bond donors (Lipinski definition) is 0. The van der Waals surface area contributed by atoms with Crippen LogP contribution in [0.4, 0.5) is 0 Å². The highest BCUT2D eigenvalue weighted by Gasteiger charge is 2.18. The summed E-state index contributed by atoms with van der Waals surface area (Å²) in [6, 6.07) is 0. The van der Waals surface area contributed by atoms with Crippen molar-refractivity contribution in [3.63, 3.8) is 0 Å². The van der Waals surface area contributed by atoms with E-state index in [-0.39, 0.29) is 5.56 Å². The van der Waals surface area contributed by atoms with Crippen LogP contribution < -0.4 is 5.56 Å². The Morgan fingerprint density at radius 3 is 3.00 bits per heavy atom. The van der Waals surface area contributed by atoms with Crippen molar-refractivity contribution in [2.45, 2.75) is 25.7 Å². The molecule has 1 saturated heterocycles. The lowest BCUT2D eigenvalue weighted by molar-refractivity contribution is 0.298. The lowest BCUT2D eigenvalue weighted by Crippen LogP contribution is -2.26. The summed E-state index contributed by atoms with van der Waals surface area (Å²) >= 11 is 6.11. The van der Waals surface area contributed by atoms with Gasteiger partial charge in [0.2, 0.25) is 0 Å². The maximum absolute atomic E-state index is 11.7. The van der Waals surface area contributed by atoms with Crippen LogP contribution in [0.5, 0.6) is 0 Å². The second-order valence-electron chi connectivity index (χ2n) is 5.24. The van der Waals surface area contributed by atoms with Gasteiger partial charge in [0.1, 0.15) is 5.02 Å². The Morgan fingerprint density at radius 2 is 2.22 bits per heavy atom. The van der Waals surface area contributed by atoms with E-state index in [1.807, 2.05) is 0 Å². The highest BCUT2D eigenvalue weighted by atomic mass is 35.5. The van der Waals surface area contributed by atoms with Crippen molar-refractivity contribution in [2.24, 2.45) is 13.0 Å². The number of halogens is 1. The van der Waals surface area contributed by atoms with E-state index in [1.165, 1.54) is 30.5 Å². The molecular formula is C13H20ClN3O. The molecule has 1 aliphatic rings. The molecule has 100 valence electrons. The van der Waals surface area contributed by atoms with Gasteiger partial charge in [-0.25, -0.2) is 4.68 Å². The van der Waals surface area contributed by atoms with Crippen LogP contribution in [-0.2, 0) is 13.5 Å². The third-order valence-electron chi connectivity index (χ3n) is 3.63. The van der Waals surface area contributed by atoms with E-state index in [0.717, 1.165) is 18.5 Å². The average molecular weight is 270 g/mol. The van der Waals surface area contributed by atoms with Gasteiger partial charge in [0.25, 0.3) is 5.56 Å². The van der Waals surface area contributed by atoms with Crippen molar-refractivity contribution < 1.29 is 0 Å². The molecule has 0 spiro atoms. The first-order valence-electron chi connectivity index (χ1n) is 6.47. The number of aryl methyl sites for hydroxylation is 1. The highest BCUT2D eigenvalue weighted by molar-refractivity contribution is 6.31. The Kier molecular flexibility index (Phi) is 4.40. The Balaban J connectivity index is 2.13. The molecule has 1 aromatic heterocycles. The van der Waals surface area contributed by atoms with E-state index >= 15 is 0 Å². The van der Waals surface area contributed by atoms with Crippen molar-refractivity contribution >= 4 is 11.6 Å². The lowest BCUT2D eigenvalue weighted by atomic mass is 9.96. The fraction of sp³-hybridized carbons (Fsp3) is 0.692. The second-order valence-corrected chi connectivity index (χ2v) is 5.62. The number of likely N-dealkylation sites (tertiary alicyclic amines) is 1. The van der Waals surface area contributed by atoms with Crippen molar-refractivity contribution in [1.29, 1.82) is 0 Å². The SMILES string of the molecule is CN1CCCC[C@@H](Cc2cnn(C)c(=O)c2Cl)C1. The maximum Gasteiger partial charge on any atom is 0.285 e. The normalized spacial score (nSPS) is 21.8. The van der Waals surface area contributed by atoms with E-state index < -0.39 is 0 Å². The van der Waals surface area contributed by atoms with Gasteiger partial charge in [0.05, 0.1) is 6.20 Å². The summed E-state index contributed by atoms with van der Waals surface area (Å²) in [4.78, 5) is 14.1. The molecule has 0 radical (unpaired) electrons. The first-order chi connectivity index (χ1) is 8.58. The van der Waals surface area contributed by atoms with Crippen LogP contribution >= 0.6 is 11.6 Å². The summed E-state index contributed by atoms with van der Waals surface area (Å²) in [6.07, 6.45) is 6.30. The first kappa shape index (κ1) is 13.6. The molecule has 1 fully saturated rings. The molecule has 2 rings (SSSR count). The number of rotatable bonds is 2. The van der Waals surface area contributed by atoms with Gasteiger partial charge < -0.3 is 4.90 Å². The monoisotopic (exact) mass is 269 g/mol. The predicted molar refractivity (Wildman–Crippen MR) is 73.0 cm³/mol. The molecule has 1 aromatic rings. The molecule has 5 heteroatoms. The molecule has 0 N–H and O–H groups in total. The van der Waals surface area contributed by atoms with Crippen LogP contribution in [0.1, 0.15) is 24.8 Å². The first-order valence-corrected chi connectivity index (χ1v) is 6.85. The van der Waals surface area contributed by atoms with Gasteiger partial charge in [-0.3, -0.25) is 4.79 Å². The van der Waals surface area contributed by atoms with Gasteiger partial charge in [0.15, 0.2) is 0 Å². The summed E-state index contributed by atoms with van der Waals surface area (Å²) in [5.41, 5.74) is 0.691. The predicted octanol–water partition coefficient (Wildman–Crippen LogP) is 1.71. The Labute approximate surface area is 113 Å². The van der Waals surface area contributed by atoms with E-state index in [1.54, 1.807) is 13.2 Å². The smallest absolute Gasteiger partial charge is 0.285 e. The molecule has 0 amide bonds. The van der Waals surface area contributed by atoms with Crippen LogP contribution in [0.3, 0.4) is 0 Å². The largest absolute Gasteiger partial charge is 0.306 e. The fourth-order valence-electron chi connectivity index (χ4n) is 2.60. The number of nitrogens with zero attached hydrogens (tertiary/aromatic N) is 3. The van der Waals surface area contributed by atoms with Gasteiger partial charge in [-0.2, -0.15) is 5.10 Å². The second kappa shape index (κ2) is 5.85. The van der Waals surface area contributed by atoms with E-state index in [4.69, 9.17) is 11.6 Å². The highest BCUT2D eigenvalue weighted by Crippen LogP contribution is 2.21. The Morgan fingerprint density at radius 1 is 1.44 bits per heavy atom. The fourth-order valence-corrected chi connectivity index (χ4v) is 2.85. The molecular weight excluding hydrogens is 250 g/mol. The molecule has 18 heavy (non-hydrogen) atoms. The van der Waals surface area contributed by atoms with Gasteiger partial charge in [-0.05, 0) is 44.3 Å². The van der Waals surface area contributed by atoms with Gasteiger partial charge in [0, 0.05) is 13.6 Å². The number of hydrogen-bond acceptors (Lipinski definition) is 3. The molecule has 0 saturated carbocycles.